The third-order valence-corrected chi connectivity index (χ3v) is 8.02. The van der Waals surface area contributed by atoms with Gasteiger partial charge in [-0.1, -0.05) is 90.2 Å². The molecule has 6 nitrogen and oxygen atoms in total. The molecule has 1 unspecified atom stereocenters. The predicted molar refractivity (Wildman–Crippen MR) is 141 cm³/mol. The molecule has 0 saturated carbocycles. The normalized spacial score (nSPS) is 12.5. The first-order valence-corrected chi connectivity index (χ1v) is 14.8. The minimum atomic E-state index is -4.10. The zero-order valence-corrected chi connectivity index (χ0v) is 23.2. The van der Waals surface area contributed by atoms with E-state index in [0.717, 1.165) is 30.0 Å². The number of unbranched alkanes of at least 4 members (excludes halogenated alkanes) is 9. The number of hydrogen-bond acceptors (Lipinski definition) is 4. The highest BCUT2D eigenvalue weighted by Gasteiger charge is 2.37. The smallest absolute Gasteiger partial charge is 0.336 e. The summed E-state index contributed by atoms with van der Waals surface area (Å²) >= 11 is 5.94. The number of amides is 2. The van der Waals surface area contributed by atoms with E-state index in [-0.39, 0.29) is 4.90 Å². The molecule has 0 aliphatic carbocycles. The zero-order valence-electron chi connectivity index (χ0n) is 21.6. The SMILES string of the molecule is CCCCCCCCCCCCN(CCC)C(=O)N(C(CC)OC)S(=O)(=O)c1ccc(Cl)cc1. The molecule has 34 heavy (non-hydrogen) atoms. The zero-order chi connectivity index (χ0) is 25.4. The first-order valence-electron chi connectivity index (χ1n) is 12.9. The second-order valence-corrected chi connectivity index (χ2v) is 11.1. The number of methoxy groups -OCH3 is 1. The van der Waals surface area contributed by atoms with Crippen LogP contribution in [0.3, 0.4) is 0 Å². The van der Waals surface area contributed by atoms with Crippen molar-refractivity contribution in [1.82, 2.24) is 9.21 Å². The Bertz CT molecular complexity index is 782. The molecule has 0 fully saturated rings. The second-order valence-electron chi connectivity index (χ2n) is 8.80. The number of nitrogens with zero attached hydrogens (tertiary/aromatic N) is 2. The Hall–Kier alpha value is -1.31. The van der Waals surface area contributed by atoms with Crippen LogP contribution in [0.2, 0.25) is 5.02 Å². The fourth-order valence-corrected chi connectivity index (χ4v) is 5.73. The van der Waals surface area contributed by atoms with Crippen LogP contribution in [0, 0.1) is 0 Å². The van der Waals surface area contributed by atoms with Gasteiger partial charge in [0.2, 0.25) is 0 Å². The van der Waals surface area contributed by atoms with Gasteiger partial charge in [-0.05, 0) is 43.5 Å². The van der Waals surface area contributed by atoms with E-state index in [1.807, 2.05) is 6.92 Å². The van der Waals surface area contributed by atoms with Crippen molar-refractivity contribution in [2.45, 2.75) is 109 Å². The summed E-state index contributed by atoms with van der Waals surface area (Å²) in [6, 6.07) is 5.34. The number of halogens is 1. The lowest BCUT2D eigenvalue weighted by Crippen LogP contribution is -2.52. The van der Waals surface area contributed by atoms with Crippen LogP contribution in [-0.4, -0.2) is 50.1 Å². The van der Waals surface area contributed by atoms with Gasteiger partial charge in [-0.2, -0.15) is 4.31 Å². The van der Waals surface area contributed by atoms with Crippen LogP contribution in [0.1, 0.15) is 97.8 Å². The van der Waals surface area contributed by atoms with E-state index >= 15 is 0 Å². The van der Waals surface area contributed by atoms with Crippen LogP contribution in [0.15, 0.2) is 29.2 Å². The lowest BCUT2D eigenvalue weighted by Gasteiger charge is -2.34. The molecule has 0 N–H and O–H groups in total. The van der Waals surface area contributed by atoms with Crippen molar-refractivity contribution in [3.63, 3.8) is 0 Å². The number of sulfonamides is 1. The third kappa shape index (κ3) is 10.1. The largest absolute Gasteiger partial charge is 0.360 e. The van der Waals surface area contributed by atoms with E-state index in [1.165, 1.54) is 76.3 Å². The number of carbonyl (C=O) groups is 1. The summed E-state index contributed by atoms with van der Waals surface area (Å²) in [6.45, 7) is 7.07. The molecule has 1 rings (SSSR count). The van der Waals surface area contributed by atoms with Crippen LogP contribution >= 0.6 is 11.6 Å². The first kappa shape index (κ1) is 30.7. The standard InChI is InChI=1S/C26H45ClN2O4S/c1-5-8-9-10-11-12-13-14-15-16-22-28(21-6-2)26(30)29(25(7-3)33-4)34(31,32)24-19-17-23(27)18-20-24/h17-20,25H,5-16,21-22H2,1-4H3. The lowest BCUT2D eigenvalue weighted by molar-refractivity contribution is 0.0210. The maximum atomic E-state index is 13.5. The molecule has 0 spiro atoms. The summed E-state index contributed by atoms with van der Waals surface area (Å²) in [6.07, 6.45) is 12.3. The average Bonchev–Trinajstić information content (AvgIpc) is 2.82. The van der Waals surface area contributed by atoms with Crippen LogP contribution in [0.5, 0.6) is 0 Å². The maximum Gasteiger partial charge on any atom is 0.336 e. The fraction of sp³-hybridized carbons (Fsp3) is 0.731. The Morgan fingerprint density at radius 1 is 0.853 bits per heavy atom. The predicted octanol–water partition coefficient (Wildman–Crippen LogP) is 7.47. The van der Waals surface area contributed by atoms with Crippen molar-refractivity contribution in [2.24, 2.45) is 0 Å². The molecule has 0 aliphatic heterocycles. The van der Waals surface area contributed by atoms with E-state index in [2.05, 4.69) is 6.92 Å². The topological polar surface area (TPSA) is 66.9 Å². The van der Waals surface area contributed by atoms with Crippen LogP contribution < -0.4 is 0 Å². The van der Waals surface area contributed by atoms with Crippen LogP contribution in [-0.2, 0) is 14.8 Å². The Kier molecular flexibility index (Phi) is 15.5. The molecule has 196 valence electrons. The Labute approximate surface area is 213 Å². The van der Waals surface area contributed by atoms with Gasteiger partial charge in [0.1, 0.15) is 6.23 Å². The van der Waals surface area contributed by atoms with Crippen LogP contribution in [0.25, 0.3) is 0 Å². The summed E-state index contributed by atoms with van der Waals surface area (Å²) in [5.41, 5.74) is 0. The molecule has 8 heteroatoms. The molecule has 0 aliphatic rings. The number of urea groups is 1. The minimum Gasteiger partial charge on any atom is -0.360 e. The molecule has 0 bridgehead atoms. The summed E-state index contributed by atoms with van der Waals surface area (Å²) in [5, 5.41) is 0.434. The minimum absolute atomic E-state index is 0.0242. The maximum absolute atomic E-state index is 13.5. The molecule has 0 heterocycles. The highest BCUT2D eigenvalue weighted by Crippen LogP contribution is 2.24. The molecule has 1 aromatic carbocycles. The molecule has 0 saturated heterocycles. The number of hydrogen-bond donors (Lipinski definition) is 0. The van der Waals surface area contributed by atoms with Crippen molar-refractivity contribution in [3.8, 4) is 0 Å². The highest BCUT2D eigenvalue weighted by molar-refractivity contribution is 7.89. The molecule has 2 amide bonds. The number of benzene rings is 1. The molecular weight excluding hydrogens is 472 g/mol. The van der Waals surface area contributed by atoms with Gasteiger partial charge in [-0.3, -0.25) is 0 Å². The summed E-state index contributed by atoms with van der Waals surface area (Å²) < 4.78 is 33.2. The van der Waals surface area contributed by atoms with Crippen molar-refractivity contribution in [2.75, 3.05) is 20.2 Å². The molecule has 1 aromatic rings. The van der Waals surface area contributed by atoms with E-state index < -0.39 is 22.3 Å². The second kappa shape index (κ2) is 17.2. The van der Waals surface area contributed by atoms with Crippen molar-refractivity contribution in [1.29, 1.82) is 0 Å². The van der Waals surface area contributed by atoms with E-state index in [0.29, 0.717) is 24.5 Å². The Balaban J connectivity index is 2.79. The van der Waals surface area contributed by atoms with E-state index in [1.54, 1.807) is 11.8 Å². The van der Waals surface area contributed by atoms with Gasteiger partial charge >= 0.3 is 6.03 Å². The first-order chi connectivity index (χ1) is 16.3. The quantitative estimate of drug-likeness (QED) is 0.150. The van der Waals surface area contributed by atoms with Gasteiger partial charge < -0.3 is 9.64 Å². The van der Waals surface area contributed by atoms with Crippen molar-refractivity contribution in [3.05, 3.63) is 29.3 Å². The molecule has 0 aromatic heterocycles. The van der Waals surface area contributed by atoms with E-state index in [9.17, 15) is 13.2 Å². The Morgan fingerprint density at radius 3 is 1.85 bits per heavy atom. The number of ether oxygens (including phenoxy) is 1. The number of carbonyl (C=O) groups excluding carboxylic acids is 1. The van der Waals surface area contributed by atoms with Gasteiger partial charge in [0.15, 0.2) is 0 Å². The summed E-state index contributed by atoms with van der Waals surface area (Å²) in [7, 11) is -2.67. The van der Waals surface area contributed by atoms with Gasteiger partial charge in [0, 0.05) is 25.2 Å². The molecule has 0 radical (unpaired) electrons. The molecular formula is C26H45ClN2O4S. The van der Waals surface area contributed by atoms with Crippen molar-refractivity contribution < 1.29 is 17.9 Å². The van der Waals surface area contributed by atoms with Crippen molar-refractivity contribution >= 4 is 27.7 Å². The van der Waals surface area contributed by atoms with Gasteiger partial charge in [0.25, 0.3) is 10.0 Å². The summed E-state index contributed by atoms with van der Waals surface area (Å²) in [5.74, 6) is 0. The fourth-order valence-electron chi connectivity index (χ4n) is 4.03. The third-order valence-electron chi connectivity index (χ3n) is 5.99. The van der Waals surface area contributed by atoms with Gasteiger partial charge in [-0.25, -0.2) is 13.2 Å². The Morgan fingerprint density at radius 2 is 1.38 bits per heavy atom. The van der Waals surface area contributed by atoms with E-state index in [4.69, 9.17) is 16.3 Å². The van der Waals surface area contributed by atoms with Gasteiger partial charge in [-0.15, -0.1) is 0 Å². The highest BCUT2D eigenvalue weighted by atomic mass is 35.5. The van der Waals surface area contributed by atoms with Gasteiger partial charge in [0.05, 0.1) is 4.90 Å². The monoisotopic (exact) mass is 516 g/mol. The molecule has 1 atom stereocenters. The van der Waals surface area contributed by atoms with Crippen LogP contribution in [0.4, 0.5) is 4.79 Å². The lowest BCUT2D eigenvalue weighted by atomic mass is 10.1. The summed E-state index contributed by atoms with van der Waals surface area (Å²) in [4.78, 5) is 15.2. The average molecular weight is 517 g/mol. The number of rotatable bonds is 18.